The van der Waals surface area contributed by atoms with Crippen molar-refractivity contribution in [2.24, 2.45) is 5.92 Å². The molecule has 1 amide bonds. The van der Waals surface area contributed by atoms with Gasteiger partial charge >= 0.3 is 0 Å². The van der Waals surface area contributed by atoms with Crippen molar-refractivity contribution in [1.82, 2.24) is 4.98 Å². The number of aromatic nitrogens is 1. The van der Waals surface area contributed by atoms with E-state index in [4.69, 9.17) is 4.74 Å². The van der Waals surface area contributed by atoms with E-state index in [9.17, 15) is 14.7 Å². The number of carbonyl (C=O) groups is 2. The molecule has 1 saturated heterocycles. The van der Waals surface area contributed by atoms with Crippen molar-refractivity contribution in [3.8, 4) is 5.75 Å². The Hall–Kier alpha value is -3.93. The van der Waals surface area contributed by atoms with Crippen molar-refractivity contribution >= 4 is 23.1 Å². The molecule has 6 heteroatoms. The summed E-state index contributed by atoms with van der Waals surface area (Å²) in [5, 5.41) is 11.3. The second-order valence-electron chi connectivity index (χ2n) is 9.43. The number of Topliss-reactive ketones (excluding diaryl/α,β-unsaturated/α-hetero) is 1. The Morgan fingerprint density at radius 2 is 1.83 bits per heavy atom. The van der Waals surface area contributed by atoms with Gasteiger partial charge in [0.25, 0.3) is 11.7 Å². The first-order valence-corrected chi connectivity index (χ1v) is 12.4. The van der Waals surface area contributed by atoms with Gasteiger partial charge in [0.1, 0.15) is 17.6 Å². The highest BCUT2D eigenvalue weighted by atomic mass is 16.5. The van der Waals surface area contributed by atoms with Crippen LogP contribution in [0.15, 0.2) is 78.5 Å². The largest absolute Gasteiger partial charge is 0.507 e. The molecule has 0 radical (unpaired) electrons. The minimum Gasteiger partial charge on any atom is -0.507 e. The van der Waals surface area contributed by atoms with Crippen LogP contribution < -0.4 is 9.64 Å². The minimum atomic E-state index is -0.854. The Morgan fingerprint density at radius 3 is 2.50 bits per heavy atom. The maximum absolute atomic E-state index is 13.3. The molecule has 186 valence electrons. The highest BCUT2D eigenvalue weighted by Gasteiger charge is 2.47. The topological polar surface area (TPSA) is 79.7 Å². The van der Waals surface area contributed by atoms with Gasteiger partial charge in [0.05, 0.1) is 17.9 Å². The van der Waals surface area contributed by atoms with Crippen LogP contribution in [0.2, 0.25) is 0 Å². The molecule has 36 heavy (non-hydrogen) atoms. The van der Waals surface area contributed by atoms with Crippen LogP contribution in [-0.4, -0.2) is 28.4 Å². The number of hydrogen-bond acceptors (Lipinski definition) is 5. The molecule has 0 spiro atoms. The van der Waals surface area contributed by atoms with E-state index in [1.54, 1.807) is 48.7 Å². The summed E-state index contributed by atoms with van der Waals surface area (Å²) >= 11 is 0. The van der Waals surface area contributed by atoms with Gasteiger partial charge in [-0.2, -0.15) is 0 Å². The zero-order valence-electron chi connectivity index (χ0n) is 21.0. The molecule has 0 saturated carbocycles. The van der Waals surface area contributed by atoms with Gasteiger partial charge in [-0.3, -0.25) is 19.5 Å². The number of rotatable bonds is 9. The van der Waals surface area contributed by atoms with Crippen LogP contribution in [0.25, 0.3) is 5.76 Å². The second kappa shape index (κ2) is 11.2. The number of anilines is 1. The van der Waals surface area contributed by atoms with Gasteiger partial charge < -0.3 is 9.84 Å². The van der Waals surface area contributed by atoms with Gasteiger partial charge in [0, 0.05) is 17.4 Å². The van der Waals surface area contributed by atoms with E-state index in [1.165, 1.54) is 10.5 Å². The molecule has 1 unspecified atom stereocenters. The summed E-state index contributed by atoms with van der Waals surface area (Å²) in [6.45, 7) is 6.77. The lowest BCUT2D eigenvalue weighted by Crippen LogP contribution is -2.29. The molecule has 1 aliphatic heterocycles. The zero-order valence-corrected chi connectivity index (χ0v) is 21.0. The molecule has 0 bridgehead atoms. The Kier molecular flexibility index (Phi) is 7.84. The number of carbonyl (C=O) groups excluding carboxylic acids is 2. The van der Waals surface area contributed by atoms with E-state index >= 15 is 0 Å². The molecule has 2 heterocycles. The van der Waals surface area contributed by atoms with E-state index in [0.717, 1.165) is 19.3 Å². The molecular formula is C30H32N2O4. The molecule has 4 rings (SSSR count). The van der Waals surface area contributed by atoms with Gasteiger partial charge in [0.15, 0.2) is 0 Å². The Morgan fingerprint density at radius 1 is 1.06 bits per heavy atom. The van der Waals surface area contributed by atoms with Crippen molar-refractivity contribution in [1.29, 1.82) is 0 Å². The Labute approximate surface area is 212 Å². The van der Waals surface area contributed by atoms with Gasteiger partial charge in [-0.05, 0) is 60.7 Å². The van der Waals surface area contributed by atoms with Crippen molar-refractivity contribution in [2.75, 3.05) is 11.5 Å². The first kappa shape index (κ1) is 25.2. The number of ether oxygens (including phenoxy) is 1. The SMILES string of the molecule is CCCCc1ccc(N2C(=O)C(=O)/C(=C(\O)c3cccc(OCC(C)C)c3)C2c2ccccn2)cc1. The lowest BCUT2D eigenvalue weighted by molar-refractivity contribution is -0.132. The molecule has 1 aliphatic rings. The summed E-state index contributed by atoms with van der Waals surface area (Å²) in [6, 6.07) is 19.1. The average Bonchev–Trinajstić information content (AvgIpc) is 3.17. The van der Waals surface area contributed by atoms with Gasteiger partial charge in [-0.1, -0.05) is 57.5 Å². The number of nitrogens with zero attached hydrogens (tertiary/aromatic N) is 2. The Bertz CT molecular complexity index is 1250. The summed E-state index contributed by atoms with van der Waals surface area (Å²) in [5.41, 5.74) is 2.67. The van der Waals surface area contributed by atoms with Crippen LogP contribution >= 0.6 is 0 Å². The number of hydrogen-bond donors (Lipinski definition) is 1. The van der Waals surface area contributed by atoms with E-state index in [-0.39, 0.29) is 11.3 Å². The molecular weight excluding hydrogens is 452 g/mol. The predicted octanol–water partition coefficient (Wildman–Crippen LogP) is 6.09. The third kappa shape index (κ3) is 5.33. The molecule has 2 aromatic carbocycles. The number of amides is 1. The lowest BCUT2D eigenvalue weighted by Gasteiger charge is -2.24. The van der Waals surface area contributed by atoms with E-state index in [1.807, 2.05) is 24.3 Å². The zero-order chi connectivity index (χ0) is 25.7. The minimum absolute atomic E-state index is 0.00905. The fourth-order valence-electron chi connectivity index (χ4n) is 4.27. The molecule has 1 atom stereocenters. The monoisotopic (exact) mass is 484 g/mol. The first-order valence-electron chi connectivity index (χ1n) is 12.4. The number of pyridine rings is 1. The molecule has 6 nitrogen and oxygen atoms in total. The van der Waals surface area contributed by atoms with Crippen LogP contribution in [0, 0.1) is 5.92 Å². The molecule has 1 fully saturated rings. The number of aryl methyl sites for hydroxylation is 1. The smallest absolute Gasteiger partial charge is 0.300 e. The highest BCUT2D eigenvalue weighted by Crippen LogP contribution is 2.41. The predicted molar refractivity (Wildman–Crippen MR) is 141 cm³/mol. The van der Waals surface area contributed by atoms with Crippen LogP contribution in [-0.2, 0) is 16.0 Å². The van der Waals surface area contributed by atoms with Crippen LogP contribution in [0.1, 0.15) is 56.5 Å². The number of benzene rings is 2. The average molecular weight is 485 g/mol. The van der Waals surface area contributed by atoms with Crippen molar-refractivity contribution in [3.05, 3.63) is 95.3 Å². The van der Waals surface area contributed by atoms with Crippen molar-refractivity contribution in [2.45, 2.75) is 46.1 Å². The number of ketones is 1. The summed E-state index contributed by atoms with van der Waals surface area (Å²) in [4.78, 5) is 32.5. The Balaban J connectivity index is 1.78. The third-order valence-corrected chi connectivity index (χ3v) is 6.14. The summed E-state index contributed by atoms with van der Waals surface area (Å²) in [7, 11) is 0. The normalized spacial score (nSPS) is 17.1. The number of aliphatic hydroxyl groups is 1. The fourth-order valence-corrected chi connectivity index (χ4v) is 4.27. The number of aliphatic hydroxyl groups excluding tert-OH is 1. The van der Waals surface area contributed by atoms with E-state index in [2.05, 4.69) is 25.8 Å². The van der Waals surface area contributed by atoms with Crippen LogP contribution in [0.4, 0.5) is 5.69 Å². The molecule has 1 aromatic heterocycles. The van der Waals surface area contributed by atoms with Crippen LogP contribution in [0.5, 0.6) is 5.75 Å². The lowest BCUT2D eigenvalue weighted by atomic mass is 9.98. The van der Waals surface area contributed by atoms with Crippen LogP contribution in [0.3, 0.4) is 0 Å². The summed E-state index contributed by atoms with van der Waals surface area (Å²) in [6.07, 6.45) is 4.75. The maximum atomic E-state index is 13.3. The van der Waals surface area contributed by atoms with Gasteiger partial charge in [-0.25, -0.2) is 0 Å². The van der Waals surface area contributed by atoms with Gasteiger partial charge in [0.2, 0.25) is 0 Å². The molecule has 1 N–H and O–H groups in total. The first-order chi connectivity index (χ1) is 17.4. The summed E-state index contributed by atoms with van der Waals surface area (Å²) in [5.74, 6) is -0.766. The van der Waals surface area contributed by atoms with E-state index < -0.39 is 17.7 Å². The highest BCUT2D eigenvalue weighted by molar-refractivity contribution is 6.51. The van der Waals surface area contributed by atoms with Crippen molar-refractivity contribution < 1.29 is 19.4 Å². The third-order valence-electron chi connectivity index (χ3n) is 6.14. The maximum Gasteiger partial charge on any atom is 0.300 e. The second-order valence-corrected chi connectivity index (χ2v) is 9.43. The number of unbranched alkanes of at least 4 members (excludes halogenated alkanes) is 1. The summed E-state index contributed by atoms with van der Waals surface area (Å²) < 4.78 is 5.80. The molecule has 0 aliphatic carbocycles. The standard InChI is InChI=1S/C30H32N2O4/c1-4-5-9-21-13-15-23(16-14-21)32-27(25-12-6-7-17-31-25)26(29(34)30(32)35)28(33)22-10-8-11-24(18-22)36-19-20(2)3/h6-8,10-18,20,27,33H,4-5,9,19H2,1-3H3/b28-26-. The van der Waals surface area contributed by atoms with Gasteiger partial charge in [-0.15, -0.1) is 0 Å². The fraction of sp³-hybridized carbons (Fsp3) is 0.300. The molecule has 3 aromatic rings. The van der Waals surface area contributed by atoms with E-state index in [0.29, 0.717) is 35.2 Å². The quantitative estimate of drug-likeness (QED) is 0.226. The van der Waals surface area contributed by atoms with Crippen molar-refractivity contribution in [3.63, 3.8) is 0 Å².